The van der Waals surface area contributed by atoms with Gasteiger partial charge in [-0.25, -0.2) is 8.42 Å². The van der Waals surface area contributed by atoms with Crippen molar-refractivity contribution in [2.75, 3.05) is 24.4 Å². The van der Waals surface area contributed by atoms with E-state index in [1.807, 2.05) is 0 Å². The summed E-state index contributed by atoms with van der Waals surface area (Å²) < 4.78 is 27.6. The lowest BCUT2D eigenvalue weighted by atomic mass is 9.94. The van der Waals surface area contributed by atoms with Crippen LogP contribution < -0.4 is 10.0 Å². The highest BCUT2D eigenvalue weighted by Gasteiger charge is 2.26. The van der Waals surface area contributed by atoms with Gasteiger partial charge in [-0.1, -0.05) is 32.9 Å². The molecule has 2 aromatic rings. The summed E-state index contributed by atoms with van der Waals surface area (Å²) in [5, 5.41) is 4.77. The molecule has 0 aliphatic carbocycles. The molecule has 0 bridgehead atoms. The molecule has 164 valence electrons. The lowest BCUT2D eigenvalue weighted by Crippen LogP contribution is -2.49. The van der Waals surface area contributed by atoms with Crippen LogP contribution >= 0.6 is 11.3 Å². The van der Waals surface area contributed by atoms with E-state index in [2.05, 4.69) is 35.7 Å². The zero-order chi connectivity index (χ0) is 21.7. The van der Waals surface area contributed by atoms with E-state index in [9.17, 15) is 13.2 Å². The van der Waals surface area contributed by atoms with Crippen molar-refractivity contribution in [1.29, 1.82) is 0 Å². The second-order valence-corrected chi connectivity index (χ2v) is 11.2. The third-order valence-electron chi connectivity index (χ3n) is 5.67. The molecule has 1 aliphatic heterocycles. The lowest BCUT2D eigenvalue weighted by molar-refractivity contribution is 0.0863. The number of hydrogen-bond acceptors (Lipinski definition) is 5. The first kappa shape index (κ1) is 22.8. The maximum atomic E-state index is 12.7. The molecular formula is C22H31N3O3S2. The van der Waals surface area contributed by atoms with Crippen molar-refractivity contribution in [3.8, 4) is 0 Å². The molecule has 1 fully saturated rings. The SMILES string of the molecule is CC1CCN(C(CNC(=O)c2cccc(NS(=O)(=O)c3cccs3)c2)C(C)C)CC1. The van der Waals surface area contributed by atoms with Crippen molar-refractivity contribution < 1.29 is 13.2 Å². The van der Waals surface area contributed by atoms with E-state index in [4.69, 9.17) is 0 Å². The first-order valence-electron chi connectivity index (χ1n) is 10.4. The average molecular weight is 450 g/mol. The van der Waals surface area contributed by atoms with E-state index in [0.29, 0.717) is 29.8 Å². The minimum absolute atomic E-state index is 0.191. The van der Waals surface area contributed by atoms with Gasteiger partial charge in [0.25, 0.3) is 15.9 Å². The lowest BCUT2D eigenvalue weighted by Gasteiger charge is -2.38. The normalized spacial score (nSPS) is 17.1. The molecule has 30 heavy (non-hydrogen) atoms. The van der Waals surface area contributed by atoms with Crippen molar-refractivity contribution in [3.05, 3.63) is 47.3 Å². The zero-order valence-electron chi connectivity index (χ0n) is 17.8. The monoisotopic (exact) mass is 449 g/mol. The smallest absolute Gasteiger partial charge is 0.271 e. The Morgan fingerprint density at radius 1 is 1.20 bits per heavy atom. The number of hydrogen-bond donors (Lipinski definition) is 2. The first-order valence-corrected chi connectivity index (χ1v) is 12.8. The van der Waals surface area contributed by atoms with Gasteiger partial charge >= 0.3 is 0 Å². The van der Waals surface area contributed by atoms with Gasteiger partial charge in [-0.15, -0.1) is 11.3 Å². The molecule has 2 heterocycles. The molecule has 2 N–H and O–H groups in total. The topological polar surface area (TPSA) is 78.5 Å². The van der Waals surface area contributed by atoms with Crippen LogP contribution in [0, 0.1) is 11.8 Å². The molecule has 0 radical (unpaired) electrons. The van der Waals surface area contributed by atoms with Gasteiger partial charge in [0.15, 0.2) is 0 Å². The molecule has 0 spiro atoms. The van der Waals surface area contributed by atoms with Crippen LogP contribution in [-0.2, 0) is 10.0 Å². The van der Waals surface area contributed by atoms with Gasteiger partial charge < -0.3 is 5.32 Å². The van der Waals surface area contributed by atoms with E-state index in [1.54, 1.807) is 41.8 Å². The van der Waals surface area contributed by atoms with Crippen LogP contribution in [0.2, 0.25) is 0 Å². The molecule has 1 aromatic carbocycles. The molecule has 1 atom stereocenters. The number of carbonyl (C=O) groups excluding carboxylic acids is 1. The summed E-state index contributed by atoms with van der Waals surface area (Å²) in [7, 11) is -3.64. The number of likely N-dealkylation sites (tertiary alicyclic amines) is 1. The highest BCUT2D eigenvalue weighted by Crippen LogP contribution is 2.22. The van der Waals surface area contributed by atoms with Gasteiger partial charge in [-0.05, 0) is 67.4 Å². The summed E-state index contributed by atoms with van der Waals surface area (Å²) in [5.41, 5.74) is 0.817. The van der Waals surface area contributed by atoms with Gasteiger partial charge in [0, 0.05) is 23.8 Å². The number of anilines is 1. The number of piperidine rings is 1. The Balaban J connectivity index is 1.63. The highest BCUT2D eigenvalue weighted by atomic mass is 32.2. The molecule has 1 saturated heterocycles. The van der Waals surface area contributed by atoms with Crippen LogP contribution in [0.25, 0.3) is 0 Å². The Labute approximate surface area is 183 Å². The number of amides is 1. The average Bonchev–Trinajstić information content (AvgIpc) is 3.25. The summed E-state index contributed by atoms with van der Waals surface area (Å²) in [6, 6.07) is 10.1. The van der Waals surface area contributed by atoms with Crippen molar-refractivity contribution in [3.63, 3.8) is 0 Å². The zero-order valence-corrected chi connectivity index (χ0v) is 19.4. The maximum Gasteiger partial charge on any atom is 0.271 e. The Morgan fingerprint density at radius 2 is 1.93 bits per heavy atom. The standard InChI is InChI=1S/C22H31N3O3S2/c1-16(2)20(25-11-9-17(3)10-12-25)15-23-22(26)18-6-4-7-19(14-18)24-30(27,28)21-8-5-13-29-21/h4-8,13-14,16-17,20,24H,9-12,15H2,1-3H3,(H,23,26). The molecule has 1 unspecified atom stereocenters. The third kappa shape index (κ3) is 5.83. The van der Waals surface area contributed by atoms with Crippen molar-refractivity contribution in [1.82, 2.24) is 10.2 Å². The van der Waals surface area contributed by atoms with Crippen LogP contribution in [0.15, 0.2) is 46.0 Å². The van der Waals surface area contributed by atoms with Crippen LogP contribution in [0.1, 0.15) is 44.0 Å². The van der Waals surface area contributed by atoms with Gasteiger partial charge in [-0.3, -0.25) is 14.4 Å². The van der Waals surface area contributed by atoms with E-state index < -0.39 is 10.0 Å². The van der Waals surface area contributed by atoms with Crippen molar-refractivity contribution >= 4 is 33.0 Å². The molecule has 8 heteroatoms. The number of nitrogens with one attached hydrogen (secondary N) is 2. The maximum absolute atomic E-state index is 12.7. The molecule has 0 saturated carbocycles. The van der Waals surface area contributed by atoms with Crippen molar-refractivity contribution in [2.24, 2.45) is 11.8 Å². The number of rotatable bonds is 8. The molecule has 1 aliphatic rings. The number of benzene rings is 1. The van der Waals surface area contributed by atoms with E-state index in [0.717, 1.165) is 30.3 Å². The Morgan fingerprint density at radius 3 is 2.57 bits per heavy atom. The van der Waals surface area contributed by atoms with Crippen LogP contribution in [-0.4, -0.2) is 44.9 Å². The second-order valence-electron chi connectivity index (χ2n) is 8.36. The van der Waals surface area contributed by atoms with Gasteiger partial charge in [0.1, 0.15) is 4.21 Å². The highest BCUT2D eigenvalue weighted by molar-refractivity contribution is 7.94. The summed E-state index contributed by atoms with van der Waals surface area (Å²) in [5.74, 6) is 1.01. The summed E-state index contributed by atoms with van der Waals surface area (Å²) in [4.78, 5) is 15.2. The largest absolute Gasteiger partial charge is 0.350 e. The summed E-state index contributed by atoms with van der Waals surface area (Å²) >= 11 is 1.15. The first-order chi connectivity index (χ1) is 14.3. The summed E-state index contributed by atoms with van der Waals surface area (Å²) in [6.45, 7) is 9.39. The fourth-order valence-electron chi connectivity index (χ4n) is 3.79. The minimum atomic E-state index is -3.64. The Hall–Kier alpha value is -1.90. The Bertz CT molecular complexity index is 934. The van der Waals surface area contributed by atoms with Crippen LogP contribution in [0.5, 0.6) is 0 Å². The summed E-state index contributed by atoms with van der Waals surface area (Å²) in [6.07, 6.45) is 2.40. The minimum Gasteiger partial charge on any atom is -0.350 e. The Kier molecular flexibility index (Phi) is 7.55. The van der Waals surface area contributed by atoms with Gasteiger partial charge in [-0.2, -0.15) is 0 Å². The second kappa shape index (κ2) is 9.94. The van der Waals surface area contributed by atoms with Crippen LogP contribution in [0.4, 0.5) is 5.69 Å². The van der Waals surface area contributed by atoms with E-state index >= 15 is 0 Å². The van der Waals surface area contributed by atoms with Gasteiger partial charge in [0.2, 0.25) is 0 Å². The predicted octanol–water partition coefficient (Wildman–Crippen LogP) is 4.04. The predicted molar refractivity (Wildman–Crippen MR) is 122 cm³/mol. The number of nitrogens with zero attached hydrogens (tertiary/aromatic N) is 1. The number of carbonyl (C=O) groups is 1. The van der Waals surface area contributed by atoms with Gasteiger partial charge in [0.05, 0.1) is 0 Å². The van der Waals surface area contributed by atoms with E-state index in [1.165, 1.54) is 12.8 Å². The number of thiophene rings is 1. The molecule has 1 amide bonds. The van der Waals surface area contributed by atoms with E-state index in [-0.39, 0.29) is 10.1 Å². The molecule has 6 nitrogen and oxygen atoms in total. The number of sulfonamides is 1. The fourth-order valence-corrected chi connectivity index (χ4v) is 5.83. The van der Waals surface area contributed by atoms with Crippen LogP contribution in [0.3, 0.4) is 0 Å². The quantitative estimate of drug-likeness (QED) is 0.638. The molecule has 1 aromatic heterocycles. The third-order valence-corrected chi connectivity index (χ3v) is 8.44. The van der Waals surface area contributed by atoms with Crippen molar-refractivity contribution in [2.45, 2.75) is 43.9 Å². The molecular weight excluding hydrogens is 418 g/mol. The fraction of sp³-hybridized carbons (Fsp3) is 0.500. The molecule has 3 rings (SSSR count).